The van der Waals surface area contributed by atoms with Gasteiger partial charge in [0.2, 0.25) is 5.88 Å². The van der Waals surface area contributed by atoms with E-state index >= 15 is 0 Å². The third-order valence-corrected chi connectivity index (χ3v) is 4.31. The van der Waals surface area contributed by atoms with Crippen LogP contribution in [0.1, 0.15) is 40.5 Å². The van der Waals surface area contributed by atoms with Crippen LogP contribution in [0.25, 0.3) is 5.65 Å². The molecule has 9 nitrogen and oxygen atoms in total. The quantitative estimate of drug-likeness (QED) is 0.666. The van der Waals surface area contributed by atoms with E-state index in [4.69, 9.17) is 4.74 Å². The Labute approximate surface area is 154 Å². The zero-order chi connectivity index (χ0) is 19.0. The smallest absolute Gasteiger partial charge is 0.226 e. The molecular formula is C18H18N6O3. The summed E-state index contributed by atoms with van der Waals surface area (Å²) in [7, 11) is 1.77. The van der Waals surface area contributed by atoms with Crippen LogP contribution in [0.4, 0.5) is 17.5 Å². The lowest BCUT2D eigenvalue weighted by molar-refractivity contribution is 0.0968. The van der Waals surface area contributed by atoms with Gasteiger partial charge in [0.15, 0.2) is 17.2 Å². The Morgan fingerprint density at radius 3 is 2.93 bits per heavy atom. The summed E-state index contributed by atoms with van der Waals surface area (Å²) in [5, 5.41) is 10.4. The van der Waals surface area contributed by atoms with Crippen molar-refractivity contribution in [1.29, 1.82) is 0 Å². The predicted molar refractivity (Wildman–Crippen MR) is 99.1 cm³/mol. The Morgan fingerprint density at radius 2 is 2.15 bits per heavy atom. The van der Waals surface area contributed by atoms with E-state index in [1.165, 1.54) is 13.1 Å². The van der Waals surface area contributed by atoms with Gasteiger partial charge in [0.1, 0.15) is 17.5 Å². The molecule has 2 N–H and O–H groups in total. The molecule has 0 aliphatic carbocycles. The standard InChI is InChI=1S/C18H18N6O3/c1-10(25)11-5-6-14-21-15-8-16(19-2)24-17(22-15)12(9-20-24)13(26)4-3-7-27-18(11)23-14/h5-6,8-9,19H,3-4,7H2,1-2H3,(H,21,22,23). The molecule has 0 fully saturated rings. The van der Waals surface area contributed by atoms with Gasteiger partial charge in [-0.3, -0.25) is 9.59 Å². The molecule has 4 heterocycles. The summed E-state index contributed by atoms with van der Waals surface area (Å²) in [6, 6.07) is 5.12. The first-order valence-electron chi connectivity index (χ1n) is 8.58. The molecule has 9 heteroatoms. The molecule has 0 saturated heterocycles. The summed E-state index contributed by atoms with van der Waals surface area (Å²) >= 11 is 0. The van der Waals surface area contributed by atoms with E-state index in [1.807, 2.05) is 0 Å². The van der Waals surface area contributed by atoms with E-state index < -0.39 is 0 Å². The number of ether oxygens (including phenoxy) is 1. The molecular weight excluding hydrogens is 348 g/mol. The number of hydrogen-bond acceptors (Lipinski definition) is 8. The van der Waals surface area contributed by atoms with Gasteiger partial charge in [-0.1, -0.05) is 0 Å². The van der Waals surface area contributed by atoms with Crippen molar-refractivity contribution in [3.63, 3.8) is 0 Å². The number of fused-ring (bicyclic) bond motifs is 3. The summed E-state index contributed by atoms with van der Waals surface area (Å²) in [6.07, 6.45) is 2.30. The minimum atomic E-state index is -0.135. The number of nitrogens with zero attached hydrogens (tertiary/aromatic N) is 4. The monoisotopic (exact) mass is 366 g/mol. The Hall–Kier alpha value is -3.49. The third kappa shape index (κ3) is 3.07. The summed E-state index contributed by atoms with van der Waals surface area (Å²) < 4.78 is 7.27. The Morgan fingerprint density at radius 1 is 1.30 bits per heavy atom. The van der Waals surface area contributed by atoms with Crippen LogP contribution in [-0.4, -0.2) is 44.8 Å². The summed E-state index contributed by atoms with van der Waals surface area (Å²) in [6.45, 7) is 1.74. The minimum absolute atomic E-state index is 0.0639. The van der Waals surface area contributed by atoms with Crippen LogP contribution in [-0.2, 0) is 0 Å². The fraction of sp³-hybridized carbons (Fsp3) is 0.278. The van der Waals surface area contributed by atoms with Gasteiger partial charge in [0.25, 0.3) is 0 Å². The molecule has 3 aromatic heterocycles. The second-order valence-corrected chi connectivity index (χ2v) is 6.18. The molecule has 0 atom stereocenters. The number of pyridine rings is 1. The van der Waals surface area contributed by atoms with Crippen molar-refractivity contribution in [2.45, 2.75) is 19.8 Å². The molecule has 1 aliphatic rings. The first-order chi connectivity index (χ1) is 13.1. The van der Waals surface area contributed by atoms with Crippen LogP contribution in [0, 0.1) is 0 Å². The van der Waals surface area contributed by atoms with Gasteiger partial charge in [-0.05, 0) is 25.5 Å². The highest BCUT2D eigenvalue weighted by atomic mass is 16.5. The van der Waals surface area contributed by atoms with Gasteiger partial charge < -0.3 is 15.4 Å². The minimum Gasteiger partial charge on any atom is -0.477 e. The fourth-order valence-corrected chi connectivity index (χ4v) is 2.96. The molecule has 0 aromatic carbocycles. The Bertz CT molecular complexity index is 1060. The van der Waals surface area contributed by atoms with E-state index in [1.54, 1.807) is 29.8 Å². The second-order valence-electron chi connectivity index (χ2n) is 6.18. The Balaban J connectivity index is 1.86. The number of aromatic nitrogens is 4. The van der Waals surface area contributed by atoms with Crippen molar-refractivity contribution in [1.82, 2.24) is 19.6 Å². The lowest BCUT2D eigenvalue weighted by Gasteiger charge is -2.12. The molecule has 138 valence electrons. The van der Waals surface area contributed by atoms with Crippen LogP contribution >= 0.6 is 0 Å². The van der Waals surface area contributed by atoms with E-state index in [0.717, 1.165) is 0 Å². The molecule has 0 saturated carbocycles. The van der Waals surface area contributed by atoms with Crippen LogP contribution in [0.15, 0.2) is 24.4 Å². The van der Waals surface area contributed by atoms with Crippen molar-refractivity contribution in [3.05, 3.63) is 35.5 Å². The van der Waals surface area contributed by atoms with Crippen LogP contribution in [0.2, 0.25) is 0 Å². The lowest BCUT2D eigenvalue weighted by Crippen LogP contribution is -2.08. The van der Waals surface area contributed by atoms with Crippen LogP contribution < -0.4 is 15.4 Å². The Kier molecular flexibility index (Phi) is 4.19. The number of carbonyl (C=O) groups excluding carboxylic acids is 2. The molecule has 1 aliphatic heterocycles. The van der Waals surface area contributed by atoms with Crippen molar-refractivity contribution in [2.75, 3.05) is 24.3 Å². The lowest BCUT2D eigenvalue weighted by atomic mass is 10.1. The molecule has 0 amide bonds. The average Bonchev–Trinajstić information content (AvgIpc) is 3.07. The molecule has 4 rings (SSSR count). The van der Waals surface area contributed by atoms with Gasteiger partial charge in [-0.2, -0.15) is 14.6 Å². The highest BCUT2D eigenvalue weighted by Gasteiger charge is 2.19. The van der Waals surface area contributed by atoms with E-state index in [2.05, 4.69) is 25.7 Å². The predicted octanol–water partition coefficient (Wildman–Crippen LogP) is 2.47. The largest absolute Gasteiger partial charge is 0.477 e. The van der Waals surface area contributed by atoms with Crippen molar-refractivity contribution >= 4 is 34.7 Å². The van der Waals surface area contributed by atoms with E-state index in [-0.39, 0.29) is 30.5 Å². The normalized spacial score (nSPS) is 13.9. The van der Waals surface area contributed by atoms with Gasteiger partial charge in [-0.15, -0.1) is 0 Å². The molecule has 27 heavy (non-hydrogen) atoms. The molecule has 4 bridgehead atoms. The van der Waals surface area contributed by atoms with Gasteiger partial charge in [0, 0.05) is 19.5 Å². The van der Waals surface area contributed by atoms with Crippen molar-refractivity contribution in [2.24, 2.45) is 0 Å². The number of rotatable bonds is 2. The van der Waals surface area contributed by atoms with Crippen molar-refractivity contribution < 1.29 is 14.3 Å². The number of ketones is 2. The molecule has 3 aromatic rings. The number of Topliss-reactive ketones (excluding diaryl/α,β-unsaturated/α-hetero) is 2. The zero-order valence-corrected chi connectivity index (χ0v) is 14.9. The van der Waals surface area contributed by atoms with Gasteiger partial charge in [-0.25, -0.2) is 4.98 Å². The average molecular weight is 366 g/mol. The topological polar surface area (TPSA) is 111 Å². The molecule has 0 radical (unpaired) electrons. The number of nitrogens with one attached hydrogen (secondary N) is 2. The summed E-state index contributed by atoms with van der Waals surface area (Å²) in [4.78, 5) is 33.4. The van der Waals surface area contributed by atoms with Gasteiger partial charge in [0.05, 0.1) is 23.9 Å². The maximum absolute atomic E-state index is 12.6. The van der Waals surface area contributed by atoms with Crippen LogP contribution in [0.3, 0.4) is 0 Å². The highest BCUT2D eigenvalue weighted by molar-refractivity contribution is 6.01. The van der Waals surface area contributed by atoms with Crippen molar-refractivity contribution in [3.8, 4) is 5.88 Å². The highest BCUT2D eigenvalue weighted by Crippen LogP contribution is 2.25. The first kappa shape index (κ1) is 17.0. The van der Waals surface area contributed by atoms with Crippen LogP contribution in [0.5, 0.6) is 5.88 Å². The number of carbonyl (C=O) groups is 2. The van der Waals surface area contributed by atoms with E-state index in [9.17, 15) is 9.59 Å². The maximum Gasteiger partial charge on any atom is 0.226 e. The fourth-order valence-electron chi connectivity index (χ4n) is 2.96. The van der Waals surface area contributed by atoms with Gasteiger partial charge >= 0.3 is 0 Å². The molecule has 0 spiro atoms. The maximum atomic E-state index is 12.6. The first-order valence-corrected chi connectivity index (χ1v) is 8.58. The number of anilines is 3. The third-order valence-electron chi connectivity index (χ3n) is 4.31. The molecule has 0 unspecified atom stereocenters. The number of hydrogen-bond donors (Lipinski definition) is 2. The summed E-state index contributed by atoms with van der Waals surface area (Å²) in [5.74, 6) is 1.70. The summed E-state index contributed by atoms with van der Waals surface area (Å²) in [5.41, 5.74) is 1.33. The SMILES string of the molecule is CNc1cc2nc3c(cnn13)C(=O)CCCOc1nc(ccc1C(C)=O)N2. The van der Waals surface area contributed by atoms with E-state index in [0.29, 0.717) is 40.6 Å². The second kappa shape index (κ2) is 6.67. The zero-order valence-electron chi connectivity index (χ0n) is 14.9.